The van der Waals surface area contributed by atoms with Gasteiger partial charge in [0.05, 0.1) is 17.9 Å². The fourth-order valence-electron chi connectivity index (χ4n) is 4.24. The second-order valence-corrected chi connectivity index (χ2v) is 8.89. The van der Waals surface area contributed by atoms with E-state index in [-0.39, 0.29) is 12.3 Å². The third-order valence-corrected chi connectivity index (χ3v) is 6.31. The molecule has 1 fully saturated rings. The number of imide groups is 1. The zero-order valence-corrected chi connectivity index (χ0v) is 20.2. The average Bonchev–Trinajstić information content (AvgIpc) is 3.19. The number of benzene rings is 1. The molecule has 1 aromatic heterocycles. The van der Waals surface area contributed by atoms with Gasteiger partial charge in [0.2, 0.25) is 5.78 Å². The molecule has 176 valence electrons. The molecule has 0 saturated carbocycles. The summed E-state index contributed by atoms with van der Waals surface area (Å²) in [5.41, 5.74) is 1.88. The molecule has 0 radical (unpaired) electrons. The van der Waals surface area contributed by atoms with Crippen LogP contribution in [0.4, 0.5) is 4.79 Å². The SMILES string of the molecule is CCOC(=O)c1c(C)[nH]c(C(=O)[C@@H](C)N2C(=O)N[C@@](C)(c3ccc(C(C)C)cc3)C2=O)c1C. The van der Waals surface area contributed by atoms with Crippen LogP contribution in [0.1, 0.15) is 83.8 Å². The van der Waals surface area contributed by atoms with Gasteiger partial charge < -0.3 is 15.0 Å². The Bertz CT molecular complexity index is 1120. The van der Waals surface area contributed by atoms with Crippen molar-refractivity contribution in [1.82, 2.24) is 15.2 Å². The molecule has 33 heavy (non-hydrogen) atoms. The summed E-state index contributed by atoms with van der Waals surface area (Å²) in [6, 6.07) is 5.82. The number of ketones is 1. The lowest BCUT2D eigenvalue weighted by atomic mass is 9.89. The second kappa shape index (κ2) is 8.84. The lowest BCUT2D eigenvalue weighted by Crippen LogP contribution is -2.45. The first kappa shape index (κ1) is 24.2. The topological polar surface area (TPSA) is 109 Å². The summed E-state index contributed by atoms with van der Waals surface area (Å²) in [7, 11) is 0. The van der Waals surface area contributed by atoms with Crippen molar-refractivity contribution in [1.29, 1.82) is 0 Å². The number of aromatic amines is 1. The summed E-state index contributed by atoms with van der Waals surface area (Å²) in [5, 5.41) is 2.75. The normalized spacial score (nSPS) is 19.1. The summed E-state index contributed by atoms with van der Waals surface area (Å²) >= 11 is 0. The standard InChI is InChI=1S/C25H31N3O5/c1-8-33-22(30)19-14(4)20(26-15(19)5)21(29)16(6)28-23(31)25(7,27-24(28)32)18-11-9-17(10-12-18)13(2)3/h9-13,16,26H,8H2,1-7H3,(H,27,32)/t16-,25+/m1/s1. The largest absolute Gasteiger partial charge is 0.462 e. The Labute approximate surface area is 193 Å². The van der Waals surface area contributed by atoms with Gasteiger partial charge in [-0.15, -0.1) is 0 Å². The molecule has 0 aliphatic carbocycles. The van der Waals surface area contributed by atoms with Gasteiger partial charge in [0.25, 0.3) is 5.91 Å². The van der Waals surface area contributed by atoms with Crippen LogP contribution < -0.4 is 5.32 Å². The molecule has 8 nitrogen and oxygen atoms in total. The smallest absolute Gasteiger partial charge is 0.340 e. The first-order chi connectivity index (χ1) is 15.4. The number of ether oxygens (including phenoxy) is 1. The molecule has 1 saturated heterocycles. The molecule has 1 aliphatic heterocycles. The van der Waals surface area contributed by atoms with Crippen LogP contribution in [0.25, 0.3) is 0 Å². The Balaban J connectivity index is 1.90. The van der Waals surface area contributed by atoms with Gasteiger partial charge in [-0.3, -0.25) is 14.5 Å². The summed E-state index contributed by atoms with van der Waals surface area (Å²) in [4.78, 5) is 55.7. The zero-order chi connectivity index (χ0) is 24.7. The third kappa shape index (κ3) is 4.05. The molecule has 2 N–H and O–H groups in total. The number of aromatic nitrogens is 1. The minimum atomic E-state index is -1.28. The van der Waals surface area contributed by atoms with E-state index in [4.69, 9.17) is 4.74 Å². The molecule has 2 aromatic rings. The Kier molecular flexibility index (Phi) is 6.49. The zero-order valence-electron chi connectivity index (χ0n) is 20.2. The van der Waals surface area contributed by atoms with Gasteiger partial charge in [0, 0.05) is 5.69 Å². The van der Waals surface area contributed by atoms with Gasteiger partial charge in [-0.2, -0.15) is 0 Å². The molecule has 0 unspecified atom stereocenters. The van der Waals surface area contributed by atoms with Crippen molar-refractivity contribution in [3.8, 4) is 0 Å². The van der Waals surface area contributed by atoms with E-state index in [0.717, 1.165) is 10.5 Å². The van der Waals surface area contributed by atoms with Gasteiger partial charge in [-0.25, -0.2) is 9.59 Å². The number of nitrogens with one attached hydrogen (secondary N) is 2. The highest BCUT2D eigenvalue weighted by Gasteiger charge is 2.52. The number of rotatable bonds is 7. The predicted molar refractivity (Wildman–Crippen MR) is 123 cm³/mol. The Morgan fingerprint density at radius 1 is 1.09 bits per heavy atom. The summed E-state index contributed by atoms with van der Waals surface area (Å²) in [6.45, 7) is 12.5. The highest BCUT2D eigenvalue weighted by atomic mass is 16.5. The maximum atomic E-state index is 13.4. The summed E-state index contributed by atoms with van der Waals surface area (Å²) < 4.78 is 5.08. The number of hydrogen-bond acceptors (Lipinski definition) is 5. The summed E-state index contributed by atoms with van der Waals surface area (Å²) in [5.74, 6) is -1.16. The molecule has 3 amide bonds. The lowest BCUT2D eigenvalue weighted by Gasteiger charge is -2.24. The van der Waals surface area contributed by atoms with E-state index in [1.807, 2.05) is 24.3 Å². The van der Waals surface area contributed by atoms with Gasteiger partial charge in [-0.1, -0.05) is 38.1 Å². The van der Waals surface area contributed by atoms with Gasteiger partial charge in [-0.05, 0) is 57.2 Å². The number of hydrogen-bond donors (Lipinski definition) is 2. The number of esters is 1. The third-order valence-electron chi connectivity index (χ3n) is 6.31. The molecule has 1 aromatic carbocycles. The first-order valence-corrected chi connectivity index (χ1v) is 11.1. The van der Waals surface area contributed by atoms with Crippen molar-refractivity contribution in [3.05, 3.63) is 57.9 Å². The molecule has 0 bridgehead atoms. The van der Waals surface area contributed by atoms with Gasteiger partial charge in [0.1, 0.15) is 11.6 Å². The molecule has 0 spiro atoms. The van der Waals surface area contributed by atoms with Crippen LogP contribution in [0.15, 0.2) is 24.3 Å². The molecule has 2 atom stereocenters. The fourth-order valence-corrected chi connectivity index (χ4v) is 4.24. The van der Waals surface area contributed by atoms with Crippen LogP contribution in [0, 0.1) is 13.8 Å². The van der Waals surface area contributed by atoms with Crippen molar-refractivity contribution >= 4 is 23.7 Å². The van der Waals surface area contributed by atoms with Crippen LogP contribution in [0.5, 0.6) is 0 Å². The highest BCUT2D eigenvalue weighted by molar-refractivity contribution is 6.13. The summed E-state index contributed by atoms with van der Waals surface area (Å²) in [6.07, 6.45) is 0. The highest BCUT2D eigenvalue weighted by Crippen LogP contribution is 2.32. The molecular formula is C25H31N3O5. The number of amides is 3. The van der Waals surface area contributed by atoms with Crippen molar-refractivity contribution in [3.63, 3.8) is 0 Å². The van der Waals surface area contributed by atoms with Crippen LogP contribution in [-0.2, 0) is 15.1 Å². The number of carbonyl (C=O) groups excluding carboxylic acids is 4. The Hall–Kier alpha value is -3.42. The second-order valence-electron chi connectivity index (χ2n) is 8.89. The van der Waals surface area contributed by atoms with Crippen LogP contribution in [-0.4, -0.2) is 46.2 Å². The van der Waals surface area contributed by atoms with Crippen molar-refractivity contribution in [2.75, 3.05) is 6.61 Å². The molecule has 8 heteroatoms. The number of Topliss-reactive ketones (excluding diaryl/α,β-unsaturated/α-hetero) is 1. The van der Waals surface area contributed by atoms with Gasteiger partial charge in [0.15, 0.2) is 0 Å². The average molecular weight is 454 g/mol. The van der Waals surface area contributed by atoms with Crippen LogP contribution >= 0.6 is 0 Å². The van der Waals surface area contributed by atoms with E-state index in [1.165, 1.54) is 6.92 Å². The number of nitrogens with zero attached hydrogens (tertiary/aromatic N) is 1. The monoisotopic (exact) mass is 453 g/mol. The molecule has 3 rings (SSSR count). The Morgan fingerprint density at radius 3 is 2.24 bits per heavy atom. The van der Waals surface area contributed by atoms with Crippen molar-refractivity contribution < 1.29 is 23.9 Å². The maximum Gasteiger partial charge on any atom is 0.340 e. The van der Waals surface area contributed by atoms with E-state index in [2.05, 4.69) is 24.1 Å². The van der Waals surface area contributed by atoms with E-state index >= 15 is 0 Å². The lowest BCUT2D eigenvalue weighted by molar-refractivity contribution is -0.131. The number of carbonyl (C=O) groups is 4. The van der Waals surface area contributed by atoms with E-state index < -0.39 is 35.3 Å². The van der Waals surface area contributed by atoms with Crippen molar-refractivity contribution in [2.24, 2.45) is 0 Å². The molecular weight excluding hydrogens is 422 g/mol. The minimum Gasteiger partial charge on any atom is -0.462 e. The fraction of sp³-hybridized carbons (Fsp3) is 0.440. The van der Waals surface area contributed by atoms with Crippen molar-refractivity contribution in [2.45, 2.75) is 66.0 Å². The van der Waals surface area contributed by atoms with E-state index in [1.54, 1.807) is 27.7 Å². The quantitative estimate of drug-likeness (QED) is 0.375. The number of urea groups is 1. The molecule has 2 heterocycles. The first-order valence-electron chi connectivity index (χ1n) is 11.1. The van der Waals surface area contributed by atoms with E-state index in [0.29, 0.717) is 28.3 Å². The van der Waals surface area contributed by atoms with Gasteiger partial charge >= 0.3 is 12.0 Å². The minimum absolute atomic E-state index is 0.179. The Morgan fingerprint density at radius 2 is 1.70 bits per heavy atom. The number of aryl methyl sites for hydroxylation is 1. The maximum absolute atomic E-state index is 13.4. The predicted octanol–water partition coefficient (Wildman–Crippen LogP) is 3.97. The van der Waals surface area contributed by atoms with E-state index in [9.17, 15) is 19.2 Å². The van der Waals surface area contributed by atoms with Crippen LogP contribution in [0.2, 0.25) is 0 Å². The van der Waals surface area contributed by atoms with Crippen LogP contribution in [0.3, 0.4) is 0 Å². The molecule has 1 aliphatic rings. The number of H-pyrrole nitrogens is 1.